The van der Waals surface area contributed by atoms with Crippen LogP contribution in [0.1, 0.15) is 52.0 Å². The number of thiophene rings is 1. The summed E-state index contributed by atoms with van der Waals surface area (Å²) >= 11 is 1.83. The fraction of sp³-hybridized carbons (Fsp3) is 0.333. The molecule has 0 saturated heterocycles. The average Bonchev–Trinajstić information content (AvgIpc) is 3.16. The van der Waals surface area contributed by atoms with Crippen molar-refractivity contribution in [2.75, 3.05) is 0 Å². The predicted octanol–water partition coefficient (Wildman–Crippen LogP) is 8.05. The summed E-state index contributed by atoms with van der Waals surface area (Å²) in [6.45, 7) is 13.0. The predicted molar refractivity (Wildman–Crippen MR) is 114 cm³/mol. The van der Waals surface area contributed by atoms with Crippen LogP contribution in [-0.2, 0) is 10.8 Å². The third-order valence-electron chi connectivity index (χ3n) is 4.98. The Labute approximate surface area is 163 Å². The Bertz CT molecular complexity index is 1150. The van der Waals surface area contributed by atoms with Crippen LogP contribution in [0.4, 0.5) is 4.39 Å². The van der Waals surface area contributed by atoms with Crippen molar-refractivity contribution < 1.29 is 8.81 Å². The molecule has 140 valence electrons. The third kappa shape index (κ3) is 3.29. The Morgan fingerprint density at radius 3 is 2.22 bits per heavy atom. The van der Waals surface area contributed by atoms with E-state index in [-0.39, 0.29) is 16.6 Å². The minimum atomic E-state index is -0.296. The number of hydrogen-bond acceptors (Lipinski definition) is 2. The highest BCUT2D eigenvalue weighted by Crippen LogP contribution is 2.38. The lowest BCUT2D eigenvalue weighted by Crippen LogP contribution is -2.11. The maximum Gasteiger partial charge on any atom is 0.170 e. The van der Waals surface area contributed by atoms with E-state index in [4.69, 9.17) is 4.42 Å². The second-order valence-electron chi connectivity index (χ2n) is 9.35. The Hall–Kier alpha value is -2.13. The van der Waals surface area contributed by atoms with Gasteiger partial charge in [0.2, 0.25) is 0 Å². The van der Waals surface area contributed by atoms with Gasteiger partial charge in [-0.15, -0.1) is 11.3 Å². The van der Waals surface area contributed by atoms with E-state index in [1.807, 2.05) is 23.5 Å². The summed E-state index contributed by atoms with van der Waals surface area (Å²) in [6.07, 6.45) is 0. The lowest BCUT2D eigenvalue weighted by molar-refractivity contribution is 0.553. The van der Waals surface area contributed by atoms with Crippen LogP contribution >= 0.6 is 11.3 Å². The van der Waals surface area contributed by atoms with Gasteiger partial charge in [0.15, 0.2) is 11.4 Å². The molecule has 2 aromatic carbocycles. The zero-order chi connectivity index (χ0) is 19.6. The molecule has 0 atom stereocenters. The van der Waals surface area contributed by atoms with Crippen LogP contribution in [0.5, 0.6) is 0 Å². The molecule has 4 rings (SSSR count). The molecule has 0 N–H and O–H groups in total. The van der Waals surface area contributed by atoms with Crippen LogP contribution in [0, 0.1) is 5.82 Å². The summed E-state index contributed by atoms with van der Waals surface area (Å²) in [6, 6.07) is 14.2. The van der Waals surface area contributed by atoms with E-state index in [1.54, 1.807) is 6.07 Å². The van der Waals surface area contributed by atoms with Crippen molar-refractivity contribution >= 4 is 32.4 Å². The van der Waals surface area contributed by atoms with Gasteiger partial charge in [0, 0.05) is 20.5 Å². The van der Waals surface area contributed by atoms with Crippen molar-refractivity contribution in [3.63, 3.8) is 0 Å². The molecule has 0 amide bonds. The smallest absolute Gasteiger partial charge is 0.170 e. The molecule has 0 aliphatic rings. The van der Waals surface area contributed by atoms with E-state index in [9.17, 15) is 4.39 Å². The molecule has 0 spiro atoms. The number of furan rings is 1. The molecule has 0 radical (unpaired) electrons. The molecule has 4 aromatic rings. The molecular weight excluding hydrogens is 355 g/mol. The first kappa shape index (κ1) is 18.2. The number of fused-ring (bicyclic) bond motifs is 2. The van der Waals surface area contributed by atoms with Gasteiger partial charge in [-0.3, -0.25) is 0 Å². The van der Waals surface area contributed by atoms with Gasteiger partial charge in [0.05, 0.1) is 0 Å². The minimum absolute atomic E-state index is 0.106. The summed E-state index contributed by atoms with van der Waals surface area (Å²) in [4.78, 5) is 1.36. The van der Waals surface area contributed by atoms with Crippen molar-refractivity contribution in [1.82, 2.24) is 0 Å². The van der Waals surface area contributed by atoms with E-state index in [2.05, 4.69) is 65.8 Å². The molecule has 0 fully saturated rings. The molecule has 0 unspecified atom stereocenters. The Morgan fingerprint density at radius 1 is 0.815 bits per heavy atom. The molecule has 0 saturated carbocycles. The molecular formula is C24H25FOS. The first-order valence-corrected chi connectivity index (χ1v) is 10.1. The largest absolute Gasteiger partial charge is 0.453 e. The van der Waals surface area contributed by atoms with E-state index in [0.29, 0.717) is 11.3 Å². The summed E-state index contributed by atoms with van der Waals surface area (Å²) < 4.78 is 21.8. The van der Waals surface area contributed by atoms with Gasteiger partial charge in [0.25, 0.3) is 0 Å². The Balaban J connectivity index is 1.83. The van der Waals surface area contributed by atoms with Crippen LogP contribution in [-0.4, -0.2) is 0 Å². The van der Waals surface area contributed by atoms with Crippen LogP contribution in [0.25, 0.3) is 32.4 Å². The van der Waals surface area contributed by atoms with E-state index < -0.39 is 0 Å². The lowest BCUT2D eigenvalue weighted by atomic mass is 9.86. The topological polar surface area (TPSA) is 13.1 Å². The molecule has 0 aliphatic carbocycles. The fourth-order valence-electron chi connectivity index (χ4n) is 3.25. The second-order valence-corrected chi connectivity index (χ2v) is 10.4. The summed E-state index contributed by atoms with van der Waals surface area (Å²) in [5.74, 6) is 0.413. The first-order chi connectivity index (χ1) is 12.5. The summed E-state index contributed by atoms with van der Waals surface area (Å²) in [7, 11) is 0. The Morgan fingerprint density at radius 2 is 1.56 bits per heavy atom. The van der Waals surface area contributed by atoms with Gasteiger partial charge < -0.3 is 4.42 Å². The fourth-order valence-corrected chi connectivity index (χ4v) is 4.35. The van der Waals surface area contributed by atoms with Crippen LogP contribution in [0.15, 0.2) is 46.9 Å². The van der Waals surface area contributed by atoms with Crippen LogP contribution in [0.3, 0.4) is 0 Å². The van der Waals surface area contributed by atoms with Crippen LogP contribution < -0.4 is 0 Å². The quantitative estimate of drug-likeness (QED) is 0.325. The van der Waals surface area contributed by atoms with Crippen molar-refractivity contribution in [1.29, 1.82) is 0 Å². The lowest BCUT2D eigenvalue weighted by Gasteiger charge is -2.18. The van der Waals surface area contributed by atoms with Crippen molar-refractivity contribution in [2.45, 2.75) is 52.4 Å². The molecule has 1 nitrogen and oxygen atoms in total. The molecule has 0 bridgehead atoms. The number of rotatable bonds is 1. The summed E-state index contributed by atoms with van der Waals surface area (Å²) in [5.41, 5.74) is 2.32. The zero-order valence-electron chi connectivity index (χ0n) is 16.7. The monoisotopic (exact) mass is 380 g/mol. The average molecular weight is 381 g/mol. The molecule has 27 heavy (non-hydrogen) atoms. The van der Waals surface area contributed by atoms with Crippen molar-refractivity contribution in [3.8, 4) is 11.3 Å². The standard InChI is InChI=1S/C24H25FOS/c1-23(2,3)17-10-16-11-19(26-22(16)18(25)13-17)14-7-8-20-15(9-14)12-21(27-20)24(4,5)6/h7-13H,1-6H3. The SMILES string of the molecule is CC(C)(C)c1cc(F)c2oc(-c3ccc4sc(C(C)(C)C)cc4c3)cc2c1. The van der Waals surface area contributed by atoms with Gasteiger partial charge >= 0.3 is 0 Å². The van der Waals surface area contributed by atoms with Gasteiger partial charge in [0.1, 0.15) is 5.76 Å². The van der Waals surface area contributed by atoms with E-state index in [0.717, 1.165) is 16.5 Å². The van der Waals surface area contributed by atoms with E-state index >= 15 is 0 Å². The summed E-state index contributed by atoms with van der Waals surface area (Å²) in [5, 5.41) is 2.02. The third-order valence-corrected chi connectivity index (χ3v) is 6.52. The second kappa shape index (κ2) is 5.93. The minimum Gasteiger partial charge on any atom is -0.453 e. The zero-order valence-corrected chi connectivity index (χ0v) is 17.6. The van der Waals surface area contributed by atoms with Crippen molar-refractivity contribution in [3.05, 3.63) is 58.7 Å². The highest BCUT2D eigenvalue weighted by Gasteiger charge is 2.20. The number of benzene rings is 2. The molecule has 0 aliphatic heterocycles. The first-order valence-electron chi connectivity index (χ1n) is 9.30. The molecule has 3 heteroatoms. The van der Waals surface area contributed by atoms with Crippen LogP contribution in [0.2, 0.25) is 0 Å². The van der Waals surface area contributed by atoms with Gasteiger partial charge in [-0.25, -0.2) is 4.39 Å². The van der Waals surface area contributed by atoms with Gasteiger partial charge in [-0.1, -0.05) is 41.5 Å². The van der Waals surface area contributed by atoms with E-state index in [1.165, 1.54) is 15.0 Å². The normalized spacial score (nSPS) is 13.0. The molecule has 2 aromatic heterocycles. The Kier molecular flexibility index (Phi) is 4.01. The van der Waals surface area contributed by atoms with Gasteiger partial charge in [-0.2, -0.15) is 0 Å². The highest BCUT2D eigenvalue weighted by atomic mass is 32.1. The number of halogens is 1. The molecule has 2 heterocycles. The maximum atomic E-state index is 14.6. The van der Waals surface area contributed by atoms with Gasteiger partial charge in [-0.05, 0) is 64.2 Å². The maximum absolute atomic E-state index is 14.6. The highest BCUT2D eigenvalue weighted by molar-refractivity contribution is 7.19. The van der Waals surface area contributed by atoms with Crippen molar-refractivity contribution in [2.24, 2.45) is 0 Å². The number of hydrogen-bond donors (Lipinski definition) is 0.